The Labute approximate surface area is 109 Å². The highest BCUT2D eigenvalue weighted by atomic mass is 35.5. The third-order valence-electron chi connectivity index (χ3n) is 3.21. The lowest BCUT2D eigenvalue weighted by molar-refractivity contribution is -0.131. The van der Waals surface area contributed by atoms with Crippen molar-refractivity contribution >= 4 is 17.5 Å². The molecule has 1 aromatic carbocycles. The number of amides is 1. The van der Waals surface area contributed by atoms with Gasteiger partial charge in [0.15, 0.2) is 0 Å². The van der Waals surface area contributed by atoms with Gasteiger partial charge >= 0.3 is 0 Å². The number of rotatable bonds is 5. The number of hydrogen-bond donors (Lipinski definition) is 0. The first kappa shape index (κ1) is 14.0. The zero-order chi connectivity index (χ0) is 12.8. The molecule has 2 nitrogen and oxygen atoms in total. The van der Waals surface area contributed by atoms with Crippen LogP contribution in [0.15, 0.2) is 24.3 Å². The number of halogens is 1. The van der Waals surface area contributed by atoms with E-state index >= 15 is 0 Å². The Morgan fingerprint density at radius 1 is 1.41 bits per heavy atom. The lowest BCUT2D eigenvalue weighted by Crippen LogP contribution is -2.34. The van der Waals surface area contributed by atoms with Crippen molar-refractivity contribution in [1.29, 1.82) is 0 Å². The maximum atomic E-state index is 11.9. The summed E-state index contributed by atoms with van der Waals surface area (Å²) in [5.41, 5.74) is 1.04. The van der Waals surface area contributed by atoms with Gasteiger partial charge in [0.05, 0.1) is 0 Å². The molecule has 0 N–H and O–H groups in total. The summed E-state index contributed by atoms with van der Waals surface area (Å²) in [6, 6.07) is 7.98. The smallest absolute Gasteiger partial charge is 0.222 e. The molecule has 1 rings (SSSR count). The summed E-state index contributed by atoms with van der Waals surface area (Å²) in [5.74, 6) is 0.180. The third-order valence-corrected chi connectivity index (χ3v) is 3.58. The summed E-state index contributed by atoms with van der Waals surface area (Å²) in [7, 11) is 1.86. The topological polar surface area (TPSA) is 20.3 Å². The zero-order valence-electron chi connectivity index (χ0n) is 10.7. The van der Waals surface area contributed by atoms with Gasteiger partial charge in [0.2, 0.25) is 5.91 Å². The minimum Gasteiger partial charge on any atom is -0.343 e. The Bertz CT molecular complexity index is 378. The zero-order valence-corrected chi connectivity index (χ0v) is 11.5. The minimum atomic E-state index is 0.180. The second-order valence-corrected chi connectivity index (χ2v) is 4.76. The van der Waals surface area contributed by atoms with Gasteiger partial charge in [-0.05, 0) is 31.4 Å². The molecule has 1 unspecified atom stereocenters. The highest BCUT2D eigenvalue weighted by Crippen LogP contribution is 2.17. The van der Waals surface area contributed by atoms with Crippen LogP contribution in [0.2, 0.25) is 5.02 Å². The maximum Gasteiger partial charge on any atom is 0.222 e. The van der Waals surface area contributed by atoms with Crippen LogP contribution in [0.3, 0.4) is 0 Å². The van der Waals surface area contributed by atoms with Gasteiger partial charge < -0.3 is 4.90 Å². The van der Waals surface area contributed by atoms with Gasteiger partial charge in [-0.15, -0.1) is 0 Å². The summed E-state index contributed by atoms with van der Waals surface area (Å²) < 4.78 is 0. The van der Waals surface area contributed by atoms with E-state index in [1.54, 1.807) is 0 Å². The van der Waals surface area contributed by atoms with Crippen molar-refractivity contribution in [2.45, 2.75) is 39.2 Å². The fraction of sp³-hybridized carbons (Fsp3) is 0.500. The standard InChI is InChI=1S/C14H20ClNO/c1-4-11(2)16(3)14(17)10-9-12-7-5-6-8-13(12)15/h5-8,11H,4,9-10H2,1-3H3. The van der Waals surface area contributed by atoms with Crippen LogP contribution >= 0.6 is 11.6 Å². The highest BCUT2D eigenvalue weighted by Gasteiger charge is 2.14. The van der Waals surface area contributed by atoms with E-state index in [1.807, 2.05) is 36.2 Å². The first-order chi connectivity index (χ1) is 8.06. The number of carbonyl (C=O) groups excluding carboxylic acids is 1. The second kappa shape index (κ2) is 6.65. The molecule has 0 aliphatic heterocycles. The van der Waals surface area contributed by atoms with Crippen LogP contribution in [-0.4, -0.2) is 23.9 Å². The molecule has 1 aromatic rings. The second-order valence-electron chi connectivity index (χ2n) is 4.35. The predicted molar refractivity (Wildman–Crippen MR) is 72.3 cm³/mol. The van der Waals surface area contributed by atoms with Gasteiger partial charge in [-0.2, -0.15) is 0 Å². The van der Waals surface area contributed by atoms with E-state index in [0.717, 1.165) is 17.0 Å². The Morgan fingerprint density at radius 3 is 2.65 bits per heavy atom. The first-order valence-electron chi connectivity index (χ1n) is 6.05. The minimum absolute atomic E-state index is 0.180. The Balaban J connectivity index is 2.51. The van der Waals surface area contributed by atoms with Crippen molar-refractivity contribution in [2.75, 3.05) is 7.05 Å². The molecule has 94 valence electrons. The van der Waals surface area contributed by atoms with E-state index in [-0.39, 0.29) is 5.91 Å². The summed E-state index contributed by atoms with van der Waals surface area (Å²) >= 11 is 6.05. The molecule has 0 saturated carbocycles. The van der Waals surface area contributed by atoms with Crippen molar-refractivity contribution in [1.82, 2.24) is 4.90 Å². The first-order valence-corrected chi connectivity index (χ1v) is 6.43. The van der Waals surface area contributed by atoms with Crippen molar-refractivity contribution in [3.8, 4) is 0 Å². The van der Waals surface area contributed by atoms with E-state index in [4.69, 9.17) is 11.6 Å². The number of hydrogen-bond acceptors (Lipinski definition) is 1. The summed E-state index contributed by atoms with van der Waals surface area (Å²) in [6.45, 7) is 4.15. The van der Waals surface area contributed by atoms with Gasteiger partial charge in [0.25, 0.3) is 0 Å². The molecular weight excluding hydrogens is 234 g/mol. The van der Waals surface area contributed by atoms with Crippen molar-refractivity contribution < 1.29 is 4.79 Å². The van der Waals surface area contributed by atoms with Gasteiger partial charge in [-0.3, -0.25) is 4.79 Å². The molecule has 1 atom stereocenters. The average Bonchev–Trinajstić information content (AvgIpc) is 2.35. The van der Waals surface area contributed by atoms with E-state index in [9.17, 15) is 4.79 Å². The van der Waals surface area contributed by atoms with E-state index < -0.39 is 0 Å². The fourth-order valence-corrected chi connectivity index (χ4v) is 1.87. The van der Waals surface area contributed by atoms with Crippen LogP contribution in [0.25, 0.3) is 0 Å². The molecule has 3 heteroatoms. The molecule has 0 spiro atoms. The van der Waals surface area contributed by atoms with Crippen LogP contribution < -0.4 is 0 Å². The van der Waals surface area contributed by atoms with Crippen LogP contribution in [-0.2, 0) is 11.2 Å². The molecule has 0 fully saturated rings. The Morgan fingerprint density at radius 2 is 2.06 bits per heavy atom. The van der Waals surface area contributed by atoms with Crippen LogP contribution in [0.5, 0.6) is 0 Å². The van der Waals surface area contributed by atoms with Crippen LogP contribution in [0.1, 0.15) is 32.3 Å². The van der Waals surface area contributed by atoms with Gasteiger partial charge in [-0.1, -0.05) is 36.7 Å². The molecule has 0 aliphatic carbocycles. The molecule has 0 aromatic heterocycles. The van der Waals surface area contributed by atoms with Crippen LogP contribution in [0.4, 0.5) is 0 Å². The molecule has 1 amide bonds. The molecule has 0 heterocycles. The van der Waals surface area contributed by atoms with Crippen molar-refractivity contribution in [2.24, 2.45) is 0 Å². The summed E-state index contributed by atoms with van der Waals surface area (Å²) in [5, 5.41) is 0.742. The summed E-state index contributed by atoms with van der Waals surface area (Å²) in [4.78, 5) is 13.7. The van der Waals surface area contributed by atoms with Crippen molar-refractivity contribution in [3.05, 3.63) is 34.9 Å². The van der Waals surface area contributed by atoms with Crippen molar-refractivity contribution in [3.63, 3.8) is 0 Å². The largest absolute Gasteiger partial charge is 0.343 e. The number of carbonyl (C=O) groups is 1. The number of nitrogens with zero attached hydrogens (tertiary/aromatic N) is 1. The van der Waals surface area contributed by atoms with Crippen LogP contribution in [0, 0.1) is 0 Å². The molecule has 0 bridgehead atoms. The number of benzene rings is 1. The van der Waals surface area contributed by atoms with Gasteiger partial charge in [-0.25, -0.2) is 0 Å². The lowest BCUT2D eigenvalue weighted by atomic mass is 10.1. The maximum absolute atomic E-state index is 11.9. The normalized spacial score (nSPS) is 12.2. The highest BCUT2D eigenvalue weighted by molar-refractivity contribution is 6.31. The van der Waals surface area contributed by atoms with Gasteiger partial charge in [0.1, 0.15) is 0 Å². The quantitative estimate of drug-likeness (QED) is 0.786. The fourth-order valence-electron chi connectivity index (χ4n) is 1.64. The average molecular weight is 254 g/mol. The summed E-state index contributed by atoms with van der Waals surface area (Å²) in [6.07, 6.45) is 2.21. The van der Waals surface area contributed by atoms with E-state index in [2.05, 4.69) is 13.8 Å². The SMILES string of the molecule is CCC(C)N(C)C(=O)CCc1ccccc1Cl. The van der Waals surface area contributed by atoms with E-state index in [0.29, 0.717) is 18.9 Å². The Kier molecular flexibility index (Phi) is 5.49. The third kappa shape index (κ3) is 4.04. The molecular formula is C14H20ClNO. The molecule has 0 saturated heterocycles. The van der Waals surface area contributed by atoms with E-state index in [1.165, 1.54) is 0 Å². The Hall–Kier alpha value is -1.02. The molecule has 0 aliphatic rings. The lowest BCUT2D eigenvalue weighted by Gasteiger charge is -2.23. The predicted octanol–water partition coefficient (Wildman–Crippen LogP) is 3.53. The number of aryl methyl sites for hydroxylation is 1. The molecule has 0 radical (unpaired) electrons. The molecule has 17 heavy (non-hydrogen) atoms. The monoisotopic (exact) mass is 253 g/mol. The van der Waals surface area contributed by atoms with Gasteiger partial charge in [0, 0.05) is 24.5 Å².